The fraction of sp³-hybridized carbons (Fsp3) is 0.381. The van der Waals surface area contributed by atoms with E-state index in [0.29, 0.717) is 62.2 Å². The topological polar surface area (TPSA) is 81.7 Å². The molecule has 0 aromatic heterocycles. The molecule has 3 aliphatic rings. The maximum Gasteiger partial charge on any atom is 0.246 e. The number of hydrogen-bond acceptors (Lipinski definition) is 7. The highest BCUT2D eigenvalue weighted by atomic mass is 19.1. The van der Waals surface area contributed by atoms with E-state index < -0.39 is 11.6 Å². The van der Waals surface area contributed by atoms with Crippen LogP contribution in [0.2, 0.25) is 0 Å². The molecule has 3 aliphatic heterocycles. The predicted octanol–water partition coefficient (Wildman–Crippen LogP) is 7.82. The van der Waals surface area contributed by atoms with Crippen molar-refractivity contribution < 1.29 is 23.0 Å². The normalized spacial score (nSPS) is 15.8. The molecule has 1 saturated heterocycles. The molecule has 0 bridgehead atoms. The minimum atomic E-state index is -0.718. The molecule has 11 heteroatoms. The van der Waals surface area contributed by atoms with Crippen LogP contribution in [0.3, 0.4) is 0 Å². The third kappa shape index (κ3) is 13.0. The zero-order valence-electron chi connectivity index (χ0n) is 32.5. The van der Waals surface area contributed by atoms with E-state index in [0.717, 1.165) is 29.8 Å². The van der Waals surface area contributed by atoms with E-state index in [9.17, 15) is 4.79 Å². The molecular formula is C42H56F2N6O3. The van der Waals surface area contributed by atoms with Crippen LogP contribution in [0.15, 0.2) is 90.5 Å². The second-order valence-corrected chi connectivity index (χ2v) is 12.0. The van der Waals surface area contributed by atoms with E-state index >= 15 is 8.78 Å². The van der Waals surface area contributed by atoms with E-state index in [4.69, 9.17) is 9.47 Å². The molecule has 286 valence electrons. The number of hydrogen-bond donors (Lipinski definition) is 2. The monoisotopic (exact) mass is 730 g/mol. The Balaban J connectivity index is 0.00000112. The summed E-state index contributed by atoms with van der Waals surface area (Å²) in [5, 5.41) is 6.02. The van der Waals surface area contributed by atoms with Crippen LogP contribution in [0, 0.1) is 30.9 Å². The maximum atomic E-state index is 15.4. The number of nitrogens with one attached hydrogen (secondary N) is 2. The third-order valence-corrected chi connectivity index (χ3v) is 7.67. The number of fused-ring (bicyclic) bond motifs is 3. The lowest BCUT2D eigenvalue weighted by atomic mass is 10.0. The number of dihydropyridines is 1. The quantitative estimate of drug-likeness (QED) is 0.0896. The van der Waals surface area contributed by atoms with Gasteiger partial charge in [-0.2, -0.15) is 0 Å². The van der Waals surface area contributed by atoms with Crippen molar-refractivity contribution in [2.45, 2.75) is 54.0 Å². The molecule has 1 atom stereocenters. The van der Waals surface area contributed by atoms with Crippen LogP contribution >= 0.6 is 0 Å². The van der Waals surface area contributed by atoms with Crippen molar-refractivity contribution in [2.75, 3.05) is 63.6 Å². The molecule has 9 nitrogen and oxygen atoms in total. The molecule has 2 aromatic carbocycles. The summed E-state index contributed by atoms with van der Waals surface area (Å²) in [4.78, 5) is 23.6. The molecule has 0 aliphatic carbocycles. The minimum Gasteiger partial charge on any atom is -0.488 e. The van der Waals surface area contributed by atoms with Gasteiger partial charge in [0, 0.05) is 63.3 Å². The summed E-state index contributed by atoms with van der Waals surface area (Å²) in [6.07, 6.45) is 19.2. The number of rotatable bonds is 9. The molecule has 1 fully saturated rings. The van der Waals surface area contributed by atoms with Gasteiger partial charge in [0.05, 0.1) is 23.0 Å². The summed E-state index contributed by atoms with van der Waals surface area (Å²) in [7, 11) is 3.91. The lowest BCUT2D eigenvalue weighted by Crippen LogP contribution is -2.58. The number of ether oxygens (including phenoxy) is 2. The SMILES string of the molecule is C#CC.C=CC.CC.CC/C=C/N=C(Nc1cc(F)c(OC2=CCNC=C2)cc1F)c1c(C)ccc2c1OCC1CN(C(=O)/C=C/CN(C)C)CCN21. The molecule has 3 heterocycles. The van der Waals surface area contributed by atoms with Crippen molar-refractivity contribution in [3.8, 4) is 23.8 Å². The van der Waals surface area contributed by atoms with Crippen LogP contribution < -0.4 is 25.0 Å². The smallest absolute Gasteiger partial charge is 0.246 e. The number of likely N-dealkylation sites (N-methyl/N-ethyl adjacent to an activating group) is 1. The van der Waals surface area contributed by atoms with Crippen molar-refractivity contribution in [2.24, 2.45) is 4.99 Å². The van der Waals surface area contributed by atoms with Crippen molar-refractivity contribution in [3.63, 3.8) is 0 Å². The zero-order valence-corrected chi connectivity index (χ0v) is 32.5. The first kappa shape index (κ1) is 43.8. The second kappa shape index (κ2) is 23.3. The van der Waals surface area contributed by atoms with Crippen LogP contribution in [0.4, 0.5) is 20.2 Å². The molecule has 1 unspecified atom stereocenters. The first-order chi connectivity index (χ1) is 25.6. The molecule has 0 radical (unpaired) electrons. The number of terminal acetylenes is 1. The van der Waals surface area contributed by atoms with E-state index in [2.05, 4.69) is 39.4 Å². The number of aliphatic imine (C=N–C) groups is 1. The lowest BCUT2D eigenvalue weighted by Gasteiger charge is -2.46. The Hall–Kier alpha value is -5.34. The van der Waals surface area contributed by atoms with E-state index in [1.165, 1.54) is 0 Å². The summed E-state index contributed by atoms with van der Waals surface area (Å²) in [6.45, 7) is 18.2. The van der Waals surface area contributed by atoms with E-state index in [1.54, 1.807) is 43.6 Å². The average molecular weight is 731 g/mol. The summed E-state index contributed by atoms with van der Waals surface area (Å²) in [5.41, 5.74) is 2.30. The Labute approximate surface area is 315 Å². The molecule has 0 saturated carbocycles. The summed E-state index contributed by atoms with van der Waals surface area (Å²) < 4.78 is 42.5. The first-order valence-corrected chi connectivity index (χ1v) is 17.9. The van der Waals surface area contributed by atoms with Crippen LogP contribution in [0.25, 0.3) is 0 Å². The zero-order chi connectivity index (χ0) is 39.3. The number of piperazine rings is 1. The molecule has 53 heavy (non-hydrogen) atoms. The third-order valence-electron chi connectivity index (χ3n) is 7.67. The Morgan fingerprint density at radius 1 is 1.23 bits per heavy atom. The van der Waals surface area contributed by atoms with Gasteiger partial charge in [-0.15, -0.1) is 18.9 Å². The average Bonchev–Trinajstić information content (AvgIpc) is 3.14. The molecular weight excluding hydrogens is 674 g/mol. The van der Waals surface area contributed by atoms with Crippen molar-refractivity contribution in [1.82, 2.24) is 15.1 Å². The van der Waals surface area contributed by atoms with Crippen LogP contribution in [0.5, 0.6) is 11.5 Å². The minimum absolute atomic E-state index is 0.0113. The predicted molar refractivity (Wildman–Crippen MR) is 216 cm³/mol. The van der Waals surface area contributed by atoms with Crippen LogP contribution in [-0.4, -0.2) is 81.0 Å². The molecule has 2 aromatic rings. The maximum absolute atomic E-state index is 15.4. The number of aryl methyl sites for hydroxylation is 1. The standard InChI is InChI=1S/C34H40F2N6O3.C3H6.C3H4.C2H6/c1-5-6-13-38-34(39-28-19-27(36)30(20-26(28)35)45-25-11-14-37-15-12-25)32-23(2)9-10-29-33(32)44-22-24-21-41(17-18-42(24)29)31(43)8-7-16-40(3)4;2*1-3-2;1-2/h6-14,19-20,24,37H,5,15-18,21-22H2,1-4H3,(H,38,39);3H,1H2,2H3;1H,2H3;1-2H3/b8-7+,13-6+;;;. The van der Waals surface area contributed by atoms with Gasteiger partial charge in [-0.05, 0) is 65.1 Å². The van der Waals surface area contributed by atoms with E-state index in [1.807, 2.05) is 82.8 Å². The number of benzene rings is 2. The van der Waals surface area contributed by atoms with Gasteiger partial charge in [0.1, 0.15) is 18.2 Å². The summed E-state index contributed by atoms with van der Waals surface area (Å²) in [6, 6.07) is 6.05. The van der Waals surface area contributed by atoms with Crippen molar-refractivity contribution in [3.05, 3.63) is 108 Å². The van der Waals surface area contributed by atoms with Gasteiger partial charge in [0.15, 0.2) is 23.1 Å². The van der Waals surface area contributed by atoms with Gasteiger partial charge < -0.3 is 34.8 Å². The number of amides is 1. The highest BCUT2D eigenvalue weighted by Gasteiger charge is 2.36. The number of anilines is 2. The molecule has 5 rings (SSSR count). The van der Waals surface area contributed by atoms with Crippen molar-refractivity contribution >= 4 is 23.1 Å². The Bertz CT molecular complexity index is 1710. The second-order valence-electron chi connectivity index (χ2n) is 12.0. The Morgan fingerprint density at radius 2 is 1.94 bits per heavy atom. The van der Waals surface area contributed by atoms with Crippen LogP contribution in [-0.2, 0) is 4.79 Å². The van der Waals surface area contributed by atoms with Gasteiger partial charge in [-0.1, -0.05) is 45.1 Å². The van der Waals surface area contributed by atoms with E-state index in [-0.39, 0.29) is 23.4 Å². The Kier molecular flexibility index (Phi) is 19.2. The number of nitrogens with zero attached hydrogens (tertiary/aromatic N) is 4. The highest BCUT2D eigenvalue weighted by Crippen LogP contribution is 2.40. The summed E-state index contributed by atoms with van der Waals surface area (Å²) >= 11 is 0. The lowest BCUT2D eigenvalue weighted by molar-refractivity contribution is -0.127. The molecule has 2 N–H and O–H groups in total. The largest absolute Gasteiger partial charge is 0.488 e. The molecule has 0 spiro atoms. The number of carbonyl (C=O) groups is 1. The number of amidine groups is 1. The Morgan fingerprint density at radius 3 is 2.58 bits per heavy atom. The van der Waals surface area contributed by atoms with Gasteiger partial charge in [-0.3, -0.25) is 4.79 Å². The number of allylic oxidation sites excluding steroid dienone is 3. The number of halogens is 2. The fourth-order valence-corrected chi connectivity index (χ4v) is 5.36. The van der Waals surface area contributed by atoms with Crippen molar-refractivity contribution in [1.29, 1.82) is 0 Å². The van der Waals surface area contributed by atoms with Gasteiger partial charge in [0.25, 0.3) is 0 Å². The molecule has 1 amide bonds. The summed E-state index contributed by atoms with van der Waals surface area (Å²) in [5.74, 6) is 1.97. The van der Waals surface area contributed by atoms with Gasteiger partial charge in [0.2, 0.25) is 5.91 Å². The number of carbonyl (C=O) groups excluding carboxylic acids is 1. The first-order valence-electron chi connectivity index (χ1n) is 17.9. The van der Waals surface area contributed by atoms with Gasteiger partial charge in [-0.25, -0.2) is 13.8 Å². The highest BCUT2D eigenvalue weighted by molar-refractivity contribution is 6.12. The fourth-order valence-electron chi connectivity index (χ4n) is 5.36. The van der Waals surface area contributed by atoms with Gasteiger partial charge >= 0.3 is 0 Å². The van der Waals surface area contributed by atoms with Crippen LogP contribution in [0.1, 0.15) is 52.2 Å².